The predicted octanol–water partition coefficient (Wildman–Crippen LogP) is 2.99. The van der Waals surface area contributed by atoms with Crippen molar-refractivity contribution >= 4 is 9.84 Å². The number of hydrogen-bond acceptors (Lipinski definition) is 5. The number of rotatable bonds is 7. The maximum absolute atomic E-state index is 11.8. The summed E-state index contributed by atoms with van der Waals surface area (Å²) in [5.41, 5.74) is 5.63. The molecule has 154 valence electrons. The third kappa shape index (κ3) is 4.94. The van der Waals surface area contributed by atoms with E-state index in [1.807, 2.05) is 18.5 Å². The first-order chi connectivity index (χ1) is 13.1. The molecule has 0 radical (unpaired) electrons. The average Bonchev–Trinajstić information content (AvgIpc) is 3.07. The summed E-state index contributed by atoms with van der Waals surface area (Å²) < 4.78 is 31.5. The molecule has 28 heavy (non-hydrogen) atoms. The van der Waals surface area contributed by atoms with Crippen molar-refractivity contribution in [2.24, 2.45) is 0 Å². The summed E-state index contributed by atoms with van der Waals surface area (Å²) in [6, 6.07) is 6.22. The number of sulfone groups is 1. The Morgan fingerprint density at radius 3 is 2.46 bits per heavy atom. The van der Waals surface area contributed by atoms with Crippen LogP contribution in [0.1, 0.15) is 40.5 Å². The minimum atomic E-state index is -2.92. The number of hydrogen-bond donors (Lipinski definition) is 0. The van der Waals surface area contributed by atoms with Gasteiger partial charge in [0.05, 0.1) is 23.2 Å². The quantitative estimate of drug-likeness (QED) is 0.709. The molecule has 0 unspecified atom stereocenters. The molecule has 1 aromatic carbocycles. The lowest BCUT2D eigenvalue weighted by Crippen LogP contribution is -2.24. The molecule has 6 nitrogen and oxygen atoms in total. The van der Waals surface area contributed by atoms with Gasteiger partial charge in [-0.15, -0.1) is 0 Å². The van der Waals surface area contributed by atoms with Crippen molar-refractivity contribution in [1.82, 2.24) is 14.7 Å². The molecular formula is C21H31N3O3S. The Kier molecular flexibility index (Phi) is 6.15. The Balaban J connectivity index is 1.59. The maximum atomic E-state index is 11.8. The molecule has 0 saturated carbocycles. The molecule has 0 N–H and O–H groups in total. The third-order valence-corrected chi connectivity index (χ3v) is 7.14. The predicted molar refractivity (Wildman–Crippen MR) is 112 cm³/mol. The van der Waals surface area contributed by atoms with E-state index in [9.17, 15) is 8.42 Å². The van der Waals surface area contributed by atoms with Gasteiger partial charge in [0.1, 0.15) is 12.4 Å². The summed E-state index contributed by atoms with van der Waals surface area (Å²) in [5, 5.41) is 4.65. The van der Waals surface area contributed by atoms with Crippen LogP contribution in [-0.2, 0) is 16.4 Å². The van der Waals surface area contributed by atoms with Crippen LogP contribution in [-0.4, -0.2) is 54.8 Å². The highest BCUT2D eigenvalue weighted by molar-refractivity contribution is 7.91. The van der Waals surface area contributed by atoms with E-state index in [1.54, 1.807) is 0 Å². The van der Waals surface area contributed by atoms with Crippen LogP contribution < -0.4 is 4.74 Å². The fourth-order valence-corrected chi connectivity index (χ4v) is 5.63. The van der Waals surface area contributed by atoms with E-state index in [4.69, 9.17) is 4.74 Å². The van der Waals surface area contributed by atoms with Gasteiger partial charge in [-0.3, -0.25) is 9.58 Å². The molecular weight excluding hydrogens is 374 g/mol. The van der Waals surface area contributed by atoms with Gasteiger partial charge in [0.2, 0.25) is 0 Å². The van der Waals surface area contributed by atoms with Crippen molar-refractivity contribution < 1.29 is 13.2 Å². The SMILES string of the molecule is Cc1cc(C)cc(OCCN(C)Cc2c(C)nn([C@H]3CCS(=O)(=O)C3)c2C)c1. The summed E-state index contributed by atoms with van der Waals surface area (Å²) in [4.78, 5) is 2.22. The number of aromatic nitrogens is 2. The second-order valence-corrected chi connectivity index (χ2v) is 10.3. The van der Waals surface area contributed by atoms with Crippen LogP contribution in [0.15, 0.2) is 18.2 Å². The van der Waals surface area contributed by atoms with Gasteiger partial charge < -0.3 is 4.74 Å². The molecule has 3 rings (SSSR count). The summed E-state index contributed by atoms with van der Waals surface area (Å²) in [7, 11) is -0.849. The molecule has 2 aromatic rings. The molecule has 1 fully saturated rings. The highest BCUT2D eigenvalue weighted by Gasteiger charge is 2.31. The fourth-order valence-electron chi connectivity index (χ4n) is 3.93. The molecule has 1 aliphatic heterocycles. The van der Waals surface area contributed by atoms with Crippen molar-refractivity contribution in [2.45, 2.75) is 46.7 Å². The van der Waals surface area contributed by atoms with Crippen LogP contribution in [0.3, 0.4) is 0 Å². The van der Waals surface area contributed by atoms with Gasteiger partial charge >= 0.3 is 0 Å². The Labute approximate surface area is 168 Å². The maximum Gasteiger partial charge on any atom is 0.152 e. The highest BCUT2D eigenvalue weighted by Crippen LogP contribution is 2.27. The lowest BCUT2D eigenvalue weighted by molar-refractivity contribution is 0.232. The first-order valence-corrected chi connectivity index (χ1v) is 11.6. The van der Waals surface area contributed by atoms with Gasteiger partial charge in [-0.2, -0.15) is 5.10 Å². The number of benzene rings is 1. The van der Waals surface area contributed by atoms with Crippen LogP contribution >= 0.6 is 0 Å². The van der Waals surface area contributed by atoms with Gasteiger partial charge in [0.25, 0.3) is 0 Å². The second kappa shape index (κ2) is 8.25. The first-order valence-electron chi connectivity index (χ1n) is 9.79. The molecule has 1 aromatic heterocycles. The van der Waals surface area contributed by atoms with Gasteiger partial charge in [-0.1, -0.05) is 6.07 Å². The largest absolute Gasteiger partial charge is 0.492 e. The number of aryl methyl sites for hydroxylation is 3. The summed E-state index contributed by atoms with van der Waals surface area (Å²) in [6.07, 6.45) is 0.656. The minimum Gasteiger partial charge on any atom is -0.492 e. The van der Waals surface area contributed by atoms with Crippen molar-refractivity contribution in [2.75, 3.05) is 31.7 Å². The zero-order valence-corrected chi connectivity index (χ0v) is 18.3. The monoisotopic (exact) mass is 405 g/mol. The molecule has 0 aliphatic carbocycles. The van der Waals surface area contributed by atoms with Gasteiger partial charge in [0.15, 0.2) is 9.84 Å². The molecule has 0 amide bonds. The van der Waals surface area contributed by atoms with E-state index < -0.39 is 9.84 Å². The molecule has 1 aliphatic rings. The number of nitrogens with zero attached hydrogens (tertiary/aromatic N) is 3. The standard InChI is InChI=1S/C21H31N3O3S/c1-15-10-16(2)12-20(11-15)27-8-7-23(5)13-21-17(3)22-24(18(21)4)19-6-9-28(25,26)14-19/h10-12,19H,6-9,13-14H2,1-5H3/t19-/m0/s1. The number of likely N-dealkylation sites (N-methyl/N-ethyl adjacent to an activating group) is 1. The Bertz CT molecular complexity index is 930. The molecule has 2 heterocycles. The number of ether oxygens (including phenoxy) is 1. The molecule has 1 atom stereocenters. The van der Waals surface area contributed by atoms with Crippen LogP contribution in [0, 0.1) is 27.7 Å². The topological polar surface area (TPSA) is 64.4 Å². The van der Waals surface area contributed by atoms with Crippen LogP contribution in [0.2, 0.25) is 0 Å². The molecule has 7 heteroatoms. The lowest BCUT2D eigenvalue weighted by Gasteiger charge is -2.18. The zero-order valence-electron chi connectivity index (χ0n) is 17.5. The van der Waals surface area contributed by atoms with E-state index in [1.165, 1.54) is 16.7 Å². The van der Waals surface area contributed by atoms with Crippen molar-refractivity contribution in [3.05, 3.63) is 46.3 Å². The second-order valence-electron chi connectivity index (χ2n) is 8.06. The van der Waals surface area contributed by atoms with Gasteiger partial charge in [-0.05, 0) is 64.4 Å². The zero-order chi connectivity index (χ0) is 20.5. The molecule has 0 bridgehead atoms. The highest BCUT2D eigenvalue weighted by atomic mass is 32.2. The molecule has 0 spiro atoms. The van der Waals surface area contributed by atoms with Crippen molar-refractivity contribution in [3.63, 3.8) is 0 Å². The minimum absolute atomic E-state index is 0.0318. The van der Waals surface area contributed by atoms with E-state index in [2.05, 4.69) is 49.1 Å². The fraction of sp³-hybridized carbons (Fsp3) is 0.571. The van der Waals surface area contributed by atoms with Gasteiger partial charge in [-0.25, -0.2) is 8.42 Å². The third-order valence-electron chi connectivity index (χ3n) is 5.39. The van der Waals surface area contributed by atoms with Crippen molar-refractivity contribution in [3.8, 4) is 5.75 Å². The Morgan fingerprint density at radius 1 is 1.18 bits per heavy atom. The lowest BCUT2D eigenvalue weighted by atomic mass is 10.1. The normalized spacial score (nSPS) is 18.7. The van der Waals surface area contributed by atoms with Gasteiger partial charge in [0, 0.05) is 24.3 Å². The van der Waals surface area contributed by atoms with E-state index >= 15 is 0 Å². The van der Waals surface area contributed by atoms with E-state index in [0.717, 1.165) is 30.2 Å². The van der Waals surface area contributed by atoms with Crippen LogP contribution in [0.25, 0.3) is 0 Å². The van der Waals surface area contributed by atoms with Crippen LogP contribution in [0.5, 0.6) is 5.75 Å². The van der Waals surface area contributed by atoms with E-state index in [-0.39, 0.29) is 17.5 Å². The Hall–Kier alpha value is -1.86. The molecule has 1 saturated heterocycles. The van der Waals surface area contributed by atoms with Crippen molar-refractivity contribution in [1.29, 1.82) is 0 Å². The first kappa shape index (κ1) is 20.9. The average molecular weight is 406 g/mol. The summed E-state index contributed by atoms with van der Waals surface area (Å²) in [6.45, 7) is 10.4. The van der Waals surface area contributed by atoms with Crippen LogP contribution in [0.4, 0.5) is 0 Å². The Morgan fingerprint density at radius 2 is 1.86 bits per heavy atom. The summed E-state index contributed by atoms with van der Waals surface area (Å²) >= 11 is 0. The summed E-state index contributed by atoms with van der Waals surface area (Å²) in [5.74, 6) is 1.38. The smallest absolute Gasteiger partial charge is 0.152 e. The van der Waals surface area contributed by atoms with E-state index in [0.29, 0.717) is 13.0 Å².